The summed E-state index contributed by atoms with van der Waals surface area (Å²) in [5.74, 6) is 0.908. The van der Waals surface area contributed by atoms with Gasteiger partial charge in [-0.15, -0.1) is 0 Å². The Bertz CT molecular complexity index is 1220. The number of hydrogen-bond donors (Lipinski definition) is 3. The minimum Gasteiger partial charge on any atom is -0.394 e. The first-order valence-electron chi connectivity index (χ1n) is 14.1. The predicted molar refractivity (Wildman–Crippen MR) is 152 cm³/mol. The number of aliphatic hydroxyl groups excluding tert-OH is 2. The largest absolute Gasteiger partial charge is 0.394 e. The highest BCUT2D eigenvalue weighted by Crippen LogP contribution is 2.61. The van der Waals surface area contributed by atoms with Gasteiger partial charge in [-0.2, -0.15) is 5.06 Å². The van der Waals surface area contributed by atoms with Crippen molar-refractivity contribution in [1.82, 2.24) is 10.4 Å². The van der Waals surface area contributed by atoms with Crippen LogP contribution in [0.15, 0.2) is 53.4 Å². The van der Waals surface area contributed by atoms with E-state index in [9.17, 15) is 19.2 Å². The van der Waals surface area contributed by atoms with Crippen molar-refractivity contribution in [1.29, 1.82) is 0 Å². The SMILES string of the molecule is C[C@@H]1[C@@H](NC(=O)[C@@H]2[C@H]([C@H](C)O)[C@H](CO)ON2Cc2cccc(-c3ccc(S(C)=O)cc3)c2)C[C@@H]2C[C@H]1C2(C)C. The zero-order valence-corrected chi connectivity index (χ0v) is 24.4. The van der Waals surface area contributed by atoms with Crippen LogP contribution in [-0.2, 0) is 27.0 Å². The van der Waals surface area contributed by atoms with Crippen LogP contribution >= 0.6 is 0 Å². The fraction of sp³-hybridized carbons (Fsp3) is 0.581. The van der Waals surface area contributed by atoms with E-state index in [-0.39, 0.29) is 18.6 Å². The Morgan fingerprint density at radius 2 is 1.90 bits per heavy atom. The van der Waals surface area contributed by atoms with Crippen molar-refractivity contribution < 1.29 is 24.1 Å². The quantitative estimate of drug-likeness (QED) is 0.460. The molecule has 2 aromatic rings. The molecule has 3 aliphatic carbocycles. The molecule has 0 radical (unpaired) electrons. The first kappa shape index (κ1) is 28.4. The Morgan fingerprint density at radius 1 is 1.18 bits per heavy atom. The molecular formula is C31H42N2O5S. The van der Waals surface area contributed by atoms with Gasteiger partial charge in [-0.3, -0.25) is 13.8 Å². The van der Waals surface area contributed by atoms with Crippen molar-refractivity contribution >= 4 is 16.7 Å². The molecule has 212 valence electrons. The molecule has 3 N–H and O–H groups in total. The highest BCUT2D eigenvalue weighted by molar-refractivity contribution is 7.84. The molecule has 1 unspecified atom stereocenters. The van der Waals surface area contributed by atoms with Crippen LogP contribution in [0.3, 0.4) is 0 Å². The van der Waals surface area contributed by atoms with Crippen molar-refractivity contribution in [3.05, 3.63) is 54.1 Å². The smallest absolute Gasteiger partial charge is 0.240 e. The van der Waals surface area contributed by atoms with E-state index in [1.165, 1.54) is 6.42 Å². The van der Waals surface area contributed by atoms with Gasteiger partial charge in [0.25, 0.3) is 0 Å². The number of benzene rings is 2. The third kappa shape index (κ3) is 5.34. The first-order chi connectivity index (χ1) is 18.5. The van der Waals surface area contributed by atoms with E-state index >= 15 is 0 Å². The Balaban J connectivity index is 1.36. The summed E-state index contributed by atoms with van der Waals surface area (Å²) < 4.78 is 11.8. The van der Waals surface area contributed by atoms with Crippen LogP contribution in [0.4, 0.5) is 0 Å². The average molecular weight is 555 g/mol. The van der Waals surface area contributed by atoms with Crippen LogP contribution in [0.2, 0.25) is 0 Å². The van der Waals surface area contributed by atoms with Gasteiger partial charge < -0.3 is 15.5 Å². The molecule has 0 aromatic heterocycles. The van der Waals surface area contributed by atoms with Crippen LogP contribution < -0.4 is 5.32 Å². The molecule has 8 heteroatoms. The van der Waals surface area contributed by atoms with Gasteiger partial charge in [-0.25, -0.2) is 0 Å². The van der Waals surface area contributed by atoms with Gasteiger partial charge in [0.2, 0.25) is 5.91 Å². The number of fused-ring (bicyclic) bond motifs is 2. The van der Waals surface area contributed by atoms with Gasteiger partial charge in [-0.05, 0) is 77.8 Å². The number of carbonyl (C=O) groups excluding carboxylic acids is 1. The highest BCUT2D eigenvalue weighted by atomic mass is 32.2. The van der Waals surface area contributed by atoms with Gasteiger partial charge in [0, 0.05) is 33.9 Å². The summed E-state index contributed by atoms with van der Waals surface area (Å²) >= 11 is 0. The summed E-state index contributed by atoms with van der Waals surface area (Å²) in [7, 11) is -1.03. The Kier molecular flexibility index (Phi) is 8.06. The fourth-order valence-corrected chi connectivity index (χ4v) is 7.87. The van der Waals surface area contributed by atoms with Crippen molar-refractivity contribution in [2.75, 3.05) is 12.9 Å². The van der Waals surface area contributed by atoms with Gasteiger partial charge in [0.15, 0.2) is 0 Å². The minimum atomic E-state index is -1.03. The molecular weight excluding hydrogens is 512 g/mol. The first-order valence-corrected chi connectivity index (χ1v) is 15.6. The van der Waals surface area contributed by atoms with Gasteiger partial charge in [0.1, 0.15) is 12.1 Å². The molecule has 39 heavy (non-hydrogen) atoms. The number of carbonyl (C=O) groups is 1. The average Bonchev–Trinajstić information content (AvgIpc) is 3.28. The number of hydrogen-bond acceptors (Lipinski definition) is 6. The number of hydroxylamine groups is 2. The third-order valence-corrected chi connectivity index (χ3v) is 10.8. The number of aliphatic hydroxyl groups is 2. The van der Waals surface area contributed by atoms with E-state index in [0.29, 0.717) is 29.7 Å². The summed E-state index contributed by atoms with van der Waals surface area (Å²) in [5, 5.41) is 25.7. The molecule has 6 rings (SSSR count). The molecule has 3 saturated carbocycles. The molecule has 4 aliphatic rings. The topological polar surface area (TPSA) is 99.1 Å². The highest BCUT2D eigenvalue weighted by Gasteiger charge is 2.57. The summed E-state index contributed by atoms with van der Waals surface area (Å²) in [4.78, 5) is 20.7. The van der Waals surface area contributed by atoms with Crippen molar-refractivity contribution in [3.63, 3.8) is 0 Å². The van der Waals surface area contributed by atoms with Crippen molar-refractivity contribution in [2.45, 2.75) is 76.3 Å². The normalized spacial score (nSPS) is 33.3. The van der Waals surface area contributed by atoms with Gasteiger partial charge in [0.05, 0.1) is 19.3 Å². The van der Waals surface area contributed by atoms with Crippen LogP contribution in [0.1, 0.15) is 46.1 Å². The van der Waals surface area contributed by atoms with E-state index in [1.807, 2.05) is 42.5 Å². The van der Waals surface area contributed by atoms with Crippen LogP contribution in [-0.4, -0.2) is 62.5 Å². The van der Waals surface area contributed by atoms with E-state index in [0.717, 1.165) is 28.0 Å². The molecule has 1 aliphatic heterocycles. The molecule has 0 spiro atoms. The maximum absolute atomic E-state index is 13.8. The molecule has 7 nitrogen and oxygen atoms in total. The molecule has 1 saturated heterocycles. The lowest BCUT2D eigenvalue weighted by atomic mass is 9.45. The number of amides is 1. The molecule has 1 heterocycles. The van der Waals surface area contributed by atoms with Crippen molar-refractivity contribution in [2.24, 2.45) is 29.1 Å². The Hall–Kier alpha value is -2.10. The summed E-state index contributed by atoms with van der Waals surface area (Å²) in [5.41, 5.74) is 3.28. The van der Waals surface area contributed by atoms with Crippen LogP contribution in [0.25, 0.3) is 11.1 Å². The Morgan fingerprint density at radius 3 is 2.49 bits per heavy atom. The molecule has 2 aromatic carbocycles. The monoisotopic (exact) mass is 554 g/mol. The molecule has 9 atom stereocenters. The third-order valence-electron chi connectivity index (χ3n) is 9.85. The Labute approximate surface area is 234 Å². The predicted octanol–water partition coefficient (Wildman–Crippen LogP) is 3.75. The summed E-state index contributed by atoms with van der Waals surface area (Å²) in [6.07, 6.45) is 2.38. The maximum atomic E-state index is 13.8. The van der Waals surface area contributed by atoms with E-state index < -0.39 is 35.0 Å². The second-order valence-electron chi connectivity index (χ2n) is 12.4. The standard InChI is InChI=1S/C31H42N2O5S/c1-18-25-14-23(31(25,3)4)15-26(18)32-30(36)29-28(19(2)35)27(17-34)38-33(29)16-20-7-6-8-22(13-20)21-9-11-24(12-10-21)39(5)37/h6-13,18-19,23,25-29,34-35H,14-17H2,1-5H3,(H,32,36)/t18-,19-,23-,25+,26-,27-,28+,29-,39?/m0/s1. The summed E-state index contributed by atoms with van der Waals surface area (Å²) in [6.45, 7) is 8.65. The minimum absolute atomic E-state index is 0.0997. The van der Waals surface area contributed by atoms with Gasteiger partial charge in [-0.1, -0.05) is 51.1 Å². The number of nitrogens with zero attached hydrogens (tertiary/aromatic N) is 1. The molecule has 2 bridgehead atoms. The zero-order chi connectivity index (χ0) is 28.1. The maximum Gasteiger partial charge on any atom is 0.240 e. The van der Waals surface area contributed by atoms with E-state index in [4.69, 9.17) is 4.84 Å². The lowest BCUT2D eigenvalue weighted by molar-refractivity contribution is -0.183. The van der Waals surface area contributed by atoms with Crippen LogP contribution in [0, 0.1) is 29.1 Å². The van der Waals surface area contributed by atoms with Crippen LogP contribution in [0.5, 0.6) is 0 Å². The lowest BCUT2D eigenvalue weighted by Crippen LogP contribution is -2.62. The second kappa shape index (κ2) is 11.1. The molecule has 1 amide bonds. The summed E-state index contributed by atoms with van der Waals surface area (Å²) in [6, 6.07) is 15.1. The molecule has 4 fully saturated rings. The second-order valence-corrected chi connectivity index (χ2v) is 13.8. The van der Waals surface area contributed by atoms with Gasteiger partial charge >= 0.3 is 0 Å². The van der Waals surface area contributed by atoms with E-state index in [2.05, 4.69) is 32.2 Å². The van der Waals surface area contributed by atoms with E-state index in [1.54, 1.807) is 18.2 Å². The zero-order valence-electron chi connectivity index (χ0n) is 23.5. The fourth-order valence-electron chi connectivity index (χ4n) is 7.35. The number of nitrogens with one attached hydrogen (secondary N) is 1. The van der Waals surface area contributed by atoms with Crippen molar-refractivity contribution in [3.8, 4) is 11.1 Å². The lowest BCUT2D eigenvalue weighted by Gasteiger charge is -2.62. The number of rotatable bonds is 8.